The fourth-order valence-electron chi connectivity index (χ4n) is 2.86. The molecule has 110 valence electrons. The fraction of sp³-hybridized carbons (Fsp3) is 0.562. The van der Waals surface area contributed by atoms with Crippen LogP contribution >= 0.6 is 0 Å². The normalized spacial score (nSPS) is 22.5. The summed E-state index contributed by atoms with van der Waals surface area (Å²) in [5.41, 5.74) is 7.25. The topological polar surface area (TPSA) is 75.4 Å². The number of hydrogen-bond acceptors (Lipinski definition) is 3. The Hall–Kier alpha value is -1.39. The molecule has 0 aliphatic heterocycles. The van der Waals surface area contributed by atoms with Gasteiger partial charge in [0.2, 0.25) is 0 Å². The lowest BCUT2D eigenvalue weighted by atomic mass is 9.86. The van der Waals surface area contributed by atoms with Gasteiger partial charge in [-0.2, -0.15) is 0 Å². The SMILES string of the molecule is NCCc1ccccc1C(=O)NCC1CCCCC1O. The minimum atomic E-state index is -0.275. The first-order valence-corrected chi connectivity index (χ1v) is 7.46. The van der Waals surface area contributed by atoms with Gasteiger partial charge in [-0.15, -0.1) is 0 Å². The van der Waals surface area contributed by atoms with Gasteiger partial charge in [-0.1, -0.05) is 31.0 Å². The second kappa shape index (κ2) is 7.41. The lowest BCUT2D eigenvalue weighted by Gasteiger charge is -2.27. The van der Waals surface area contributed by atoms with Crippen molar-refractivity contribution in [1.29, 1.82) is 0 Å². The number of rotatable bonds is 5. The van der Waals surface area contributed by atoms with Crippen LogP contribution in [0.5, 0.6) is 0 Å². The maximum Gasteiger partial charge on any atom is 0.251 e. The van der Waals surface area contributed by atoms with Crippen LogP contribution in [0, 0.1) is 5.92 Å². The summed E-state index contributed by atoms with van der Waals surface area (Å²) in [6.45, 7) is 1.09. The first-order chi connectivity index (χ1) is 9.72. The van der Waals surface area contributed by atoms with Crippen molar-refractivity contribution in [3.05, 3.63) is 35.4 Å². The number of carbonyl (C=O) groups excluding carboxylic acids is 1. The van der Waals surface area contributed by atoms with E-state index in [4.69, 9.17) is 5.73 Å². The molecule has 0 radical (unpaired) electrons. The van der Waals surface area contributed by atoms with Gasteiger partial charge in [0.05, 0.1) is 6.10 Å². The van der Waals surface area contributed by atoms with Crippen LogP contribution < -0.4 is 11.1 Å². The Labute approximate surface area is 120 Å². The molecule has 2 unspecified atom stereocenters. The molecular weight excluding hydrogens is 252 g/mol. The summed E-state index contributed by atoms with van der Waals surface area (Å²) in [4.78, 5) is 12.3. The van der Waals surface area contributed by atoms with Gasteiger partial charge in [-0.25, -0.2) is 0 Å². The van der Waals surface area contributed by atoms with E-state index in [1.807, 2.05) is 24.3 Å². The van der Waals surface area contributed by atoms with Gasteiger partial charge in [-0.3, -0.25) is 4.79 Å². The highest BCUT2D eigenvalue weighted by atomic mass is 16.3. The minimum absolute atomic E-state index is 0.0631. The van der Waals surface area contributed by atoms with Crippen LogP contribution in [0.2, 0.25) is 0 Å². The molecule has 1 aliphatic carbocycles. The van der Waals surface area contributed by atoms with Crippen molar-refractivity contribution in [3.8, 4) is 0 Å². The number of benzene rings is 1. The summed E-state index contributed by atoms with van der Waals surface area (Å²) in [7, 11) is 0. The molecule has 0 aromatic heterocycles. The molecule has 0 bridgehead atoms. The van der Waals surface area contributed by atoms with Crippen molar-refractivity contribution < 1.29 is 9.90 Å². The van der Waals surface area contributed by atoms with Gasteiger partial charge < -0.3 is 16.2 Å². The molecule has 1 saturated carbocycles. The number of aliphatic hydroxyl groups excluding tert-OH is 1. The maximum absolute atomic E-state index is 12.3. The summed E-state index contributed by atoms with van der Waals surface area (Å²) in [6, 6.07) is 7.56. The Morgan fingerprint density at radius 3 is 2.80 bits per heavy atom. The third-order valence-electron chi connectivity index (χ3n) is 4.07. The molecular formula is C16H24N2O2. The number of amides is 1. The lowest BCUT2D eigenvalue weighted by Crippen LogP contribution is -2.37. The Morgan fingerprint density at radius 1 is 1.30 bits per heavy atom. The Kier molecular flexibility index (Phi) is 5.56. The van der Waals surface area contributed by atoms with E-state index in [1.54, 1.807) is 0 Å². The molecule has 0 heterocycles. The highest BCUT2D eigenvalue weighted by Gasteiger charge is 2.23. The molecule has 2 atom stereocenters. The Morgan fingerprint density at radius 2 is 2.05 bits per heavy atom. The van der Waals surface area contributed by atoms with Crippen LogP contribution in [0.3, 0.4) is 0 Å². The van der Waals surface area contributed by atoms with Crippen LogP contribution in [0.15, 0.2) is 24.3 Å². The smallest absolute Gasteiger partial charge is 0.251 e. The van der Waals surface area contributed by atoms with Crippen LogP contribution in [0.1, 0.15) is 41.6 Å². The predicted molar refractivity (Wildman–Crippen MR) is 79.5 cm³/mol. The van der Waals surface area contributed by atoms with Crippen molar-refractivity contribution >= 4 is 5.91 Å². The summed E-state index contributed by atoms with van der Waals surface area (Å²) in [5, 5.41) is 12.9. The van der Waals surface area contributed by atoms with E-state index in [0.717, 1.165) is 31.2 Å². The molecule has 1 fully saturated rings. The van der Waals surface area contributed by atoms with E-state index < -0.39 is 0 Å². The van der Waals surface area contributed by atoms with Gasteiger partial charge in [0.15, 0.2) is 0 Å². The van der Waals surface area contributed by atoms with Gasteiger partial charge in [-0.05, 0) is 37.4 Å². The van der Waals surface area contributed by atoms with Gasteiger partial charge >= 0.3 is 0 Å². The van der Waals surface area contributed by atoms with E-state index in [1.165, 1.54) is 0 Å². The number of carbonyl (C=O) groups is 1. The van der Waals surface area contributed by atoms with Gasteiger partial charge in [0.25, 0.3) is 5.91 Å². The summed E-state index contributed by atoms with van der Waals surface area (Å²) in [5.74, 6) is 0.126. The van der Waals surface area contributed by atoms with Crippen molar-refractivity contribution in [3.63, 3.8) is 0 Å². The molecule has 0 spiro atoms. The number of aliphatic hydroxyl groups is 1. The first kappa shape index (κ1) is 15.0. The second-order valence-corrected chi connectivity index (χ2v) is 5.52. The number of hydrogen-bond donors (Lipinski definition) is 3. The highest BCUT2D eigenvalue weighted by Crippen LogP contribution is 2.23. The average Bonchev–Trinajstić information content (AvgIpc) is 2.47. The zero-order chi connectivity index (χ0) is 14.4. The van der Waals surface area contributed by atoms with E-state index in [0.29, 0.717) is 25.1 Å². The van der Waals surface area contributed by atoms with Gasteiger partial charge in [0.1, 0.15) is 0 Å². The monoisotopic (exact) mass is 276 g/mol. The zero-order valence-electron chi connectivity index (χ0n) is 11.8. The number of nitrogens with two attached hydrogens (primary N) is 1. The zero-order valence-corrected chi connectivity index (χ0v) is 11.8. The highest BCUT2D eigenvalue weighted by molar-refractivity contribution is 5.95. The molecule has 20 heavy (non-hydrogen) atoms. The standard InChI is InChI=1S/C16H24N2O2/c17-10-9-12-5-1-3-7-14(12)16(20)18-11-13-6-2-4-8-15(13)19/h1,3,5,7,13,15,19H,2,4,6,8-11,17H2,(H,18,20). The van der Waals surface area contributed by atoms with E-state index in [9.17, 15) is 9.90 Å². The van der Waals surface area contributed by atoms with E-state index >= 15 is 0 Å². The third-order valence-corrected chi connectivity index (χ3v) is 4.07. The largest absolute Gasteiger partial charge is 0.393 e. The number of nitrogens with one attached hydrogen (secondary N) is 1. The minimum Gasteiger partial charge on any atom is -0.393 e. The molecule has 1 aromatic carbocycles. The first-order valence-electron chi connectivity index (χ1n) is 7.46. The van der Waals surface area contributed by atoms with Crippen LogP contribution in [0.4, 0.5) is 0 Å². The Bertz CT molecular complexity index is 448. The van der Waals surface area contributed by atoms with E-state index in [-0.39, 0.29) is 17.9 Å². The molecule has 1 aliphatic rings. The van der Waals surface area contributed by atoms with Crippen molar-refractivity contribution in [2.75, 3.05) is 13.1 Å². The quantitative estimate of drug-likeness (QED) is 0.762. The third kappa shape index (κ3) is 3.81. The summed E-state index contributed by atoms with van der Waals surface area (Å²) in [6.07, 6.45) is 4.50. The lowest BCUT2D eigenvalue weighted by molar-refractivity contribution is 0.0662. The maximum atomic E-state index is 12.3. The molecule has 1 amide bonds. The van der Waals surface area contributed by atoms with Crippen molar-refractivity contribution in [1.82, 2.24) is 5.32 Å². The van der Waals surface area contributed by atoms with Crippen molar-refractivity contribution in [2.45, 2.75) is 38.2 Å². The van der Waals surface area contributed by atoms with Crippen LogP contribution in [-0.2, 0) is 6.42 Å². The molecule has 4 N–H and O–H groups in total. The van der Waals surface area contributed by atoms with E-state index in [2.05, 4.69) is 5.32 Å². The molecule has 4 nitrogen and oxygen atoms in total. The van der Waals surface area contributed by atoms with Crippen molar-refractivity contribution in [2.24, 2.45) is 11.7 Å². The van der Waals surface area contributed by atoms with Crippen LogP contribution in [-0.4, -0.2) is 30.2 Å². The molecule has 0 saturated heterocycles. The summed E-state index contributed by atoms with van der Waals surface area (Å²) < 4.78 is 0. The predicted octanol–water partition coefficient (Wildman–Crippen LogP) is 1.47. The second-order valence-electron chi connectivity index (χ2n) is 5.52. The van der Waals surface area contributed by atoms with Gasteiger partial charge in [0, 0.05) is 18.0 Å². The fourth-order valence-corrected chi connectivity index (χ4v) is 2.86. The molecule has 1 aromatic rings. The molecule has 4 heteroatoms. The molecule has 2 rings (SSSR count). The average molecular weight is 276 g/mol. The summed E-state index contributed by atoms with van der Waals surface area (Å²) >= 11 is 0. The van der Waals surface area contributed by atoms with Crippen LogP contribution in [0.25, 0.3) is 0 Å². The Balaban J connectivity index is 1.94.